The molecule has 2 heterocycles. The molecule has 23 heavy (non-hydrogen) atoms. The highest BCUT2D eigenvalue weighted by molar-refractivity contribution is 5.98. The number of likely N-dealkylation sites (tertiary alicyclic amines) is 1. The number of aryl methyl sites for hydroxylation is 1. The molecule has 1 saturated heterocycles. The molecule has 0 radical (unpaired) electrons. The van der Waals surface area contributed by atoms with Crippen LogP contribution in [0.25, 0.3) is 5.69 Å². The van der Waals surface area contributed by atoms with E-state index in [2.05, 4.69) is 0 Å². The van der Waals surface area contributed by atoms with Gasteiger partial charge < -0.3 is 9.47 Å². The third-order valence-corrected chi connectivity index (χ3v) is 4.79. The largest absolute Gasteiger partial charge is 0.328 e. The summed E-state index contributed by atoms with van der Waals surface area (Å²) in [5.41, 5.74) is 3.64. The fraction of sp³-hybridized carbons (Fsp3) is 0.421. The second-order valence-corrected chi connectivity index (χ2v) is 6.51. The third-order valence-electron chi connectivity index (χ3n) is 4.79. The highest BCUT2D eigenvalue weighted by atomic mass is 19.1. The Morgan fingerprint density at radius 3 is 2.43 bits per heavy atom. The smallest absolute Gasteiger partial charge is 0.218 e. The third kappa shape index (κ3) is 3.37. The molecule has 1 aliphatic rings. The molecule has 1 aliphatic heterocycles. The fourth-order valence-electron chi connectivity index (χ4n) is 3.58. The lowest BCUT2D eigenvalue weighted by Crippen LogP contribution is -3.13. The second kappa shape index (κ2) is 6.67. The molecule has 2 aromatic rings. The number of piperidine rings is 1. The van der Waals surface area contributed by atoms with Crippen molar-refractivity contribution in [3.05, 3.63) is 53.1 Å². The first-order valence-electron chi connectivity index (χ1n) is 8.38. The number of quaternary nitrogens is 1. The number of Topliss-reactive ketones (excluding diaryl/α,β-unsaturated/α-hetero) is 1. The van der Waals surface area contributed by atoms with E-state index in [4.69, 9.17) is 0 Å². The van der Waals surface area contributed by atoms with Gasteiger partial charge in [0.1, 0.15) is 12.4 Å². The average Bonchev–Trinajstić information content (AvgIpc) is 2.84. The summed E-state index contributed by atoms with van der Waals surface area (Å²) >= 11 is 0. The van der Waals surface area contributed by atoms with Crippen LogP contribution in [0.15, 0.2) is 30.3 Å². The molecule has 1 aromatic heterocycles. The van der Waals surface area contributed by atoms with Crippen LogP contribution < -0.4 is 4.90 Å². The minimum absolute atomic E-state index is 0.211. The molecule has 3 nitrogen and oxygen atoms in total. The predicted octanol–water partition coefficient (Wildman–Crippen LogP) is 2.48. The summed E-state index contributed by atoms with van der Waals surface area (Å²) in [6, 6.07) is 8.37. The van der Waals surface area contributed by atoms with Gasteiger partial charge in [-0.2, -0.15) is 0 Å². The van der Waals surface area contributed by atoms with Crippen molar-refractivity contribution in [3.63, 3.8) is 0 Å². The molecular weight excluding hydrogens is 291 g/mol. The average molecular weight is 315 g/mol. The van der Waals surface area contributed by atoms with Crippen LogP contribution in [-0.4, -0.2) is 30.0 Å². The number of nitrogens with zero attached hydrogens (tertiary/aromatic N) is 1. The van der Waals surface area contributed by atoms with Crippen LogP contribution in [0.5, 0.6) is 0 Å². The lowest BCUT2D eigenvalue weighted by molar-refractivity contribution is -0.896. The minimum Gasteiger partial charge on any atom is -0.328 e. The topological polar surface area (TPSA) is 26.4 Å². The van der Waals surface area contributed by atoms with Gasteiger partial charge in [-0.25, -0.2) is 4.39 Å². The SMILES string of the molecule is Cc1cc(C(=O)C[NH+]2CCCCC2)c(C)n1-c1ccc(F)cc1. The summed E-state index contributed by atoms with van der Waals surface area (Å²) in [6.07, 6.45) is 3.73. The molecule has 1 N–H and O–H groups in total. The molecule has 0 unspecified atom stereocenters. The van der Waals surface area contributed by atoms with Crippen molar-refractivity contribution in [2.24, 2.45) is 0 Å². The van der Waals surface area contributed by atoms with E-state index < -0.39 is 0 Å². The van der Waals surface area contributed by atoms with E-state index in [1.165, 1.54) is 36.3 Å². The van der Waals surface area contributed by atoms with Crippen molar-refractivity contribution >= 4 is 5.78 Å². The van der Waals surface area contributed by atoms with Crippen molar-refractivity contribution in [1.82, 2.24) is 4.57 Å². The number of nitrogens with one attached hydrogen (secondary N) is 1. The number of rotatable bonds is 4. The Balaban J connectivity index is 1.85. The number of carbonyl (C=O) groups excluding carboxylic acids is 1. The maximum atomic E-state index is 13.1. The van der Waals surface area contributed by atoms with Gasteiger partial charge >= 0.3 is 0 Å². The molecule has 1 aromatic carbocycles. The zero-order valence-electron chi connectivity index (χ0n) is 13.9. The number of hydrogen-bond donors (Lipinski definition) is 1. The Morgan fingerprint density at radius 1 is 1.13 bits per heavy atom. The monoisotopic (exact) mass is 315 g/mol. The highest BCUT2D eigenvalue weighted by Gasteiger charge is 2.22. The Morgan fingerprint density at radius 2 is 1.78 bits per heavy atom. The number of hydrogen-bond acceptors (Lipinski definition) is 1. The van der Waals surface area contributed by atoms with Crippen molar-refractivity contribution in [1.29, 1.82) is 0 Å². The predicted molar refractivity (Wildman–Crippen MR) is 88.9 cm³/mol. The van der Waals surface area contributed by atoms with Gasteiger partial charge in [-0.3, -0.25) is 4.79 Å². The summed E-state index contributed by atoms with van der Waals surface area (Å²) in [7, 11) is 0. The molecule has 0 aliphatic carbocycles. The van der Waals surface area contributed by atoms with Gasteiger partial charge in [-0.15, -0.1) is 0 Å². The van der Waals surface area contributed by atoms with Crippen molar-refractivity contribution in [3.8, 4) is 5.69 Å². The van der Waals surface area contributed by atoms with Crippen LogP contribution >= 0.6 is 0 Å². The van der Waals surface area contributed by atoms with E-state index in [9.17, 15) is 9.18 Å². The zero-order chi connectivity index (χ0) is 16.4. The summed E-state index contributed by atoms with van der Waals surface area (Å²) in [4.78, 5) is 14.1. The lowest BCUT2D eigenvalue weighted by Gasteiger charge is -2.22. The second-order valence-electron chi connectivity index (χ2n) is 6.51. The maximum Gasteiger partial charge on any atom is 0.218 e. The number of ketones is 1. The van der Waals surface area contributed by atoms with E-state index in [0.29, 0.717) is 6.54 Å². The van der Waals surface area contributed by atoms with Gasteiger partial charge in [0.05, 0.1) is 13.1 Å². The molecule has 3 rings (SSSR count). The van der Waals surface area contributed by atoms with E-state index in [1.54, 1.807) is 12.1 Å². The Hall–Kier alpha value is -1.94. The molecule has 1 fully saturated rings. The van der Waals surface area contributed by atoms with Crippen molar-refractivity contribution in [2.75, 3.05) is 19.6 Å². The standard InChI is InChI=1S/C19H23FN2O/c1-14-12-18(19(23)13-21-10-4-3-5-11-21)15(2)22(14)17-8-6-16(20)7-9-17/h6-9,12H,3-5,10-11,13H2,1-2H3/p+1. The van der Waals surface area contributed by atoms with Crippen LogP contribution in [0.4, 0.5) is 4.39 Å². The van der Waals surface area contributed by atoms with Gasteiger partial charge in [-0.05, 0) is 63.4 Å². The first-order chi connectivity index (χ1) is 11.1. The summed E-state index contributed by atoms with van der Waals surface area (Å²) < 4.78 is 15.2. The van der Waals surface area contributed by atoms with Crippen LogP contribution in [0.1, 0.15) is 41.0 Å². The molecule has 0 amide bonds. The first-order valence-corrected chi connectivity index (χ1v) is 8.38. The van der Waals surface area contributed by atoms with Gasteiger partial charge in [0.2, 0.25) is 5.78 Å². The normalized spacial score (nSPS) is 15.8. The summed E-state index contributed by atoms with van der Waals surface area (Å²) in [6.45, 7) is 6.73. The number of halogens is 1. The quantitative estimate of drug-likeness (QED) is 0.862. The Labute approximate surface area is 136 Å². The first kappa shape index (κ1) is 15.9. The van der Waals surface area contributed by atoms with Gasteiger partial charge in [0.15, 0.2) is 0 Å². The molecule has 0 bridgehead atoms. The van der Waals surface area contributed by atoms with Gasteiger partial charge in [0.25, 0.3) is 0 Å². The van der Waals surface area contributed by atoms with Crippen LogP contribution in [-0.2, 0) is 0 Å². The van der Waals surface area contributed by atoms with E-state index >= 15 is 0 Å². The van der Waals surface area contributed by atoms with Crippen molar-refractivity contribution < 1.29 is 14.1 Å². The summed E-state index contributed by atoms with van der Waals surface area (Å²) in [5.74, 6) is -0.0374. The van der Waals surface area contributed by atoms with Crippen LogP contribution in [0.2, 0.25) is 0 Å². The number of benzene rings is 1. The molecule has 0 saturated carbocycles. The van der Waals surface area contributed by atoms with E-state index in [-0.39, 0.29) is 11.6 Å². The lowest BCUT2D eigenvalue weighted by atomic mass is 10.1. The minimum atomic E-state index is -0.249. The number of aromatic nitrogens is 1. The summed E-state index contributed by atoms with van der Waals surface area (Å²) in [5, 5.41) is 0. The molecule has 122 valence electrons. The molecule has 0 atom stereocenters. The highest BCUT2D eigenvalue weighted by Crippen LogP contribution is 2.21. The van der Waals surface area contributed by atoms with Gasteiger partial charge in [-0.1, -0.05) is 0 Å². The van der Waals surface area contributed by atoms with Crippen LogP contribution in [0.3, 0.4) is 0 Å². The maximum absolute atomic E-state index is 13.1. The van der Waals surface area contributed by atoms with Gasteiger partial charge in [0, 0.05) is 22.6 Å². The Bertz CT molecular complexity index is 697. The molecular formula is C19H24FN2O+. The Kier molecular flexibility index (Phi) is 4.62. The molecule has 0 spiro atoms. The van der Waals surface area contributed by atoms with E-state index in [1.807, 2.05) is 24.5 Å². The zero-order valence-corrected chi connectivity index (χ0v) is 13.9. The number of carbonyl (C=O) groups is 1. The van der Waals surface area contributed by atoms with Crippen LogP contribution in [0, 0.1) is 19.7 Å². The molecule has 4 heteroatoms. The fourth-order valence-corrected chi connectivity index (χ4v) is 3.58. The van der Waals surface area contributed by atoms with E-state index in [0.717, 1.165) is 35.7 Å². The van der Waals surface area contributed by atoms with Crippen molar-refractivity contribution in [2.45, 2.75) is 33.1 Å².